The molecule has 4 aromatic carbocycles. The Kier molecular flexibility index (Phi) is 6.39. The summed E-state index contributed by atoms with van der Waals surface area (Å²) in [5, 5.41) is 4.76. The van der Waals surface area contributed by atoms with Gasteiger partial charge in [0, 0.05) is 63.2 Å². The predicted molar refractivity (Wildman–Crippen MR) is 191 cm³/mol. The Hall–Kier alpha value is -6.46. The second kappa shape index (κ2) is 11.2. The van der Waals surface area contributed by atoms with Crippen molar-refractivity contribution in [1.29, 1.82) is 0 Å². The zero-order valence-electron chi connectivity index (χ0n) is 25.3. The molecule has 0 aliphatic rings. The Bertz CT molecular complexity index is 2430. The van der Waals surface area contributed by atoms with Crippen molar-refractivity contribution in [3.8, 4) is 50.7 Å². The van der Waals surface area contributed by atoms with Crippen molar-refractivity contribution in [3.05, 3.63) is 164 Å². The Morgan fingerprint density at radius 3 is 1.45 bits per heavy atom. The summed E-state index contributed by atoms with van der Waals surface area (Å²) in [6, 6.07) is 48.8. The summed E-state index contributed by atoms with van der Waals surface area (Å²) in [7, 11) is 0. The third-order valence-electron chi connectivity index (χ3n) is 8.78. The van der Waals surface area contributed by atoms with Crippen molar-refractivity contribution in [2.75, 3.05) is 0 Å². The number of benzene rings is 4. The smallest absolute Gasteiger partial charge is 0.0725 e. The van der Waals surface area contributed by atoms with E-state index in [9.17, 15) is 0 Å². The molecule has 5 aromatic heterocycles. The van der Waals surface area contributed by atoms with Crippen LogP contribution >= 0.6 is 0 Å². The van der Waals surface area contributed by atoms with Gasteiger partial charge in [-0.05, 0) is 72.1 Å². The van der Waals surface area contributed by atoms with Gasteiger partial charge in [-0.2, -0.15) is 0 Å². The summed E-state index contributed by atoms with van der Waals surface area (Å²) in [5.74, 6) is 0. The van der Waals surface area contributed by atoms with E-state index in [1.807, 2.05) is 48.8 Å². The minimum atomic E-state index is 0.899. The van der Waals surface area contributed by atoms with Gasteiger partial charge in [0.05, 0.1) is 39.5 Å². The number of hydrogen-bond acceptors (Lipinski definition) is 4. The Balaban J connectivity index is 1.28. The lowest BCUT2D eigenvalue weighted by Gasteiger charge is -2.13. The highest BCUT2D eigenvalue weighted by atomic mass is 15.0. The Morgan fingerprint density at radius 1 is 0.383 bits per heavy atom. The van der Waals surface area contributed by atoms with Gasteiger partial charge in [0.1, 0.15) is 0 Å². The quantitative estimate of drug-likeness (QED) is 0.197. The molecule has 0 saturated heterocycles. The number of fused-ring (bicyclic) bond motifs is 4. The minimum absolute atomic E-state index is 0.899. The number of rotatable bonds is 5. The number of pyridine rings is 4. The van der Waals surface area contributed by atoms with Crippen LogP contribution in [0.1, 0.15) is 0 Å². The normalized spacial score (nSPS) is 11.4. The van der Waals surface area contributed by atoms with Gasteiger partial charge >= 0.3 is 0 Å². The average molecular weight is 602 g/mol. The molecule has 9 rings (SSSR count). The lowest BCUT2D eigenvalue weighted by Crippen LogP contribution is -1.96. The number of hydrogen-bond donors (Lipinski definition) is 0. The molecule has 0 unspecified atom stereocenters. The highest BCUT2D eigenvalue weighted by molar-refractivity contribution is 6.12. The summed E-state index contributed by atoms with van der Waals surface area (Å²) in [6.45, 7) is 0. The van der Waals surface area contributed by atoms with E-state index in [2.05, 4.69) is 118 Å². The zero-order valence-corrected chi connectivity index (χ0v) is 25.3. The fourth-order valence-electron chi connectivity index (χ4n) is 6.54. The lowest BCUT2D eigenvalue weighted by molar-refractivity contribution is 1.20. The van der Waals surface area contributed by atoms with Crippen LogP contribution in [-0.4, -0.2) is 24.5 Å². The van der Waals surface area contributed by atoms with Gasteiger partial charge < -0.3 is 4.57 Å². The molecule has 0 aliphatic heterocycles. The maximum absolute atomic E-state index is 5.05. The number of nitrogens with zero attached hydrogens (tertiary/aromatic N) is 5. The zero-order chi connectivity index (χ0) is 31.2. The average Bonchev–Trinajstić information content (AvgIpc) is 3.48. The molecule has 0 saturated carbocycles. The topological polar surface area (TPSA) is 56.5 Å². The van der Waals surface area contributed by atoms with Crippen molar-refractivity contribution in [3.63, 3.8) is 0 Å². The van der Waals surface area contributed by atoms with E-state index in [0.29, 0.717) is 0 Å². The van der Waals surface area contributed by atoms with Crippen molar-refractivity contribution in [1.82, 2.24) is 24.5 Å². The fraction of sp³-hybridized carbons (Fsp3) is 0. The molecule has 0 spiro atoms. The van der Waals surface area contributed by atoms with Crippen LogP contribution in [0.3, 0.4) is 0 Å². The summed E-state index contributed by atoms with van der Waals surface area (Å²) in [6.07, 6.45) is 7.28. The molecule has 0 aliphatic carbocycles. The molecule has 0 N–H and O–H groups in total. The minimum Gasteiger partial charge on any atom is -0.309 e. The van der Waals surface area contributed by atoms with Gasteiger partial charge in [0.15, 0.2) is 0 Å². The molecule has 0 atom stereocenters. The molecule has 5 nitrogen and oxygen atoms in total. The van der Waals surface area contributed by atoms with Gasteiger partial charge in [-0.15, -0.1) is 0 Å². The molecule has 0 radical (unpaired) electrons. The SMILES string of the molecule is c1cncc(-c2cccc(-c3ccc4c5ccc(-c6cccc(-c7cccnc7)n6)cc5n(-c5cccc6ccccc56)c4c3)n2)c1. The van der Waals surface area contributed by atoms with E-state index in [1.54, 1.807) is 12.4 Å². The van der Waals surface area contributed by atoms with Crippen LogP contribution < -0.4 is 0 Å². The van der Waals surface area contributed by atoms with Gasteiger partial charge in [-0.25, -0.2) is 9.97 Å². The Labute approximate surface area is 271 Å². The van der Waals surface area contributed by atoms with Gasteiger partial charge in [-0.1, -0.05) is 72.8 Å². The molecular weight excluding hydrogens is 574 g/mol. The predicted octanol–water partition coefficient (Wildman–Crippen LogP) is 10.2. The molecule has 220 valence electrons. The molecule has 0 amide bonds. The van der Waals surface area contributed by atoms with E-state index in [4.69, 9.17) is 9.97 Å². The van der Waals surface area contributed by atoms with Crippen LogP contribution in [0, 0.1) is 0 Å². The van der Waals surface area contributed by atoms with Crippen molar-refractivity contribution in [2.45, 2.75) is 0 Å². The fourth-order valence-corrected chi connectivity index (χ4v) is 6.54. The molecule has 5 heterocycles. The van der Waals surface area contributed by atoms with Crippen molar-refractivity contribution >= 4 is 32.6 Å². The first-order valence-corrected chi connectivity index (χ1v) is 15.6. The van der Waals surface area contributed by atoms with Crippen LogP contribution in [-0.2, 0) is 0 Å². The van der Waals surface area contributed by atoms with Gasteiger partial charge in [0.2, 0.25) is 0 Å². The van der Waals surface area contributed by atoms with E-state index >= 15 is 0 Å². The molecule has 47 heavy (non-hydrogen) atoms. The standard InChI is InChI=1S/C42H27N5/c1-2-12-33-28(8-1)9-3-17-40(33)47-41-24-29(36-13-4-15-38(45-36)31-10-6-22-43-26-31)18-20-34(41)35-21-19-30(25-42(35)47)37-14-5-16-39(46-37)32-11-7-23-44-27-32/h1-27H. The molecule has 5 heteroatoms. The monoisotopic (exact) mass is 601 g/mol. The highest BCUT2D eigenvalue weighted by Gasteiger charge is 2.17. The van der Waals surface area contributed by atoms with E-state index < -0.39 is 0 Å². The van der Waals surface area contributed by atoms with Crippen LogP contribution in [0.5, 0.6) is 0 Å². The second-order valence-corrected chi connectivity index (χ2v) is 11.6. The first-order valence-electron chi connectivity index (χ1n) is 15.6. The third kappa shape index (κ3) is 4.73. The van der Waals surface area contributed by atoms with E-state index in [0.717, 1.165) is 61.8 Å². The van der Waals surface area contributed by atoms with Crippen LogP contribution in [0.4, 0.5) is 0 Å². The molecule has 0 bridgehead atoms. The highest BCUT2D eigenvalue weighted by Crippen LogP contribution is 2.38. The first-order chi connectivity index (χ1) is 23.3. The largest absolute Gasteiger partial charge is 0.309 e. The van der Waals surface area contributed by atoms with E-state index in [1.165, 1.54) is 21.5 Å². The molecule has 0 fully saturated rings. The van der Waals surface area contributed by atoms with Crippen LogP contribution in [0.2, 0.25) is 0 Å². The summed E-state index contributed by atoms with van der Waals surface area (Å²) < 4.78 is 2.40. The van der Waals surface area contributed by atoms with Crippen LogP contribution in [0.15, 0.2) is 164 Å². The molecular formula is C42H27N5. The van der Waals surface area contributed by atoms with E-state index in [-0.39, 0.29) is 0 Å². The maximum atomic E-state index is 5.05. The maximum Gasteiger partial charge on any atom is 0.0725 e. The summed E-state index contributed by atoms with van der Waals surface area (Å²) in [5.41, 5.74) is 11.1. The third-order valence-corrected chi connectivity index (χ3v) is 8.78. The molecule has 9 aromatic rings. The van der Waals surface area contributed by atoms with Crippen molar-refractivity contribution < 1.29 is 0 Å². The first kappa shape index (κ1) is 26.9. The second-order valence-electron chi connectivity index (χ2n) is 11.6. The summed E-state index contributed by atoms with van der Waals surface area (Å²) >= 11 is 0. The van der Waals surface area contributed by atoms with Crippen LogP contribution in [0.25, 0.3) is 83.3 Å². The van der Waals surface area contributed by atoms with Gasteiger partial charge in [-0.3, -0.25) is 9.97 Å². The summed E-state index contributed by atoms with van der Waals surface area (Å²) in [4.78, 5) is 18.7. The van der Waals surface area contributed by atoms with Crippen molar-refractivity contribution in [2.24, 2.45) is 0 Å². The Morgan fingerprint density at radius 2 is 0.894 bits per heavy atom. The van der Waals surface area contributed by atoms with Gasteiger partial charge in [0.25, 0.3) is 0 Å². The number of aromatic nitrogens is 5. The lowest BCUT2D eigenvalue weighted by atomic mass is 10.0.